The van der Waals surface area contributed by atoms with Crippen LogP contribution in [-0.4, -0.2) is 57.2 Å². The van der Waals surface area contributed by atoms with Crippen molar-refractivity contribution < 1.29 is 28.2 Å². The first-order valence-corrected chi connectivity index (χ1v) is 9.14. The molecule has 3 N–H and O–H groups in total. The number of hydrogen-bond donors (Lipinski definition) is 3. The van der Waals surface area contributed by atoms with Gasteiger partial charge in [0.15, 0.2) is 0 Å². The summed E-state index contributed by atoms with van der Waals surface area (Å²) < 4.78 is 23.8. The lowest BCUT2D eigenvalue weighted by atomic mass is 10.1. The number of hydrogen-bond acceptors (Lipinski definition) is 5. The molecule has 1 aromatic rings. The Balaban J connectivity index is 1.88. The predicted molar refractivity (Wildman–Crippen MR) is 99.5 cm³/mol. The van der Waals surface area contributed by atoms with Crippen LogP contribution >= 0.6 is 0 Å². The Labute approximate surface area is 163 Å². The molecule has 3 amide bonds. The summed E-state index contributed by atoms with van der Waals surface area (Å²) in [4.78, 5) is 35.9. The van der Waals surface area contributed by atoms with Gasteiger partial charge in [-0.15, -0.1) is 0 Å². The van der Waals surface area contributed by atoms with E-state index in [1.54, 1.807) is 0 Å². The van der Waals surface area contributed by atoms with Gasteiger partial charge in [0.2, 0.25) is 11.8 Å². The molecule has 0 aromatic heterocycles. The van der Waals surface area contributed by atoms with E-state index in [0.29, 0.717) is 12.8 Å². The van der Waals surface area contributed by atoms with Gasteiger partial charge in [-0.3, -0.25) is 14.4 Å². The van der Waals surface area contributed by atoms with Crippen molar-refractivity contribution in [1.82, 2.24) is 16.0 Å². The van der Waals surface area contributed by atoms with Crippen LogP contribution in [0.4, 0.5) is 4.39 Å². The van der Waals surface area contributed by atoms with Crippen LogP contribution in [0, 0.1) is 5.82 Å². The van der Waals surface area contributed by atoms with Gasteiger partial charge in [-0.2, -0.15) is 0 Å². The number of carbonyl (C=O) groups excluding carboxylic acids is 3. The first-order valence-electron chi connectivity index (χ1n) is 9.14. The van der Waals surface area contributed by atoms with Crippen LogP contribution in [0.5, 0.6) is 5.75 Å². The largest absolute Gasteiger partial charge is 0.496 e. The molecular weight excluding hydrogens is 369 g/mol. The third kappa shape index (κ3) is 5.91. The number of rotatable bonds is 9. The van der Waals surface area contributed by atoms with Crippen molar-refractivity contribution in [3.63, 3.8) is 0 Å². The zero-order valence-corrected chi connectivity index (χ0v) is 16.0. The quantitative estimate of drug-likeness (QED) is 0.572. The molecule has 2 atom stereocenters. The standard InChI is InChI=1S/C19H26FN3O5/c1-27-11-17(25)21-10-9-16(24)22-13-6-4-7-14(13)23-19(26)18-12(20)5-3-8-15(18)28-2/h3,5,8,13-14H,4,6-7,9-11H2,1-2H3,(H,21,25)(H,22,24)(H,23,26)/t13-,14+/m0/s1. The number of ether oxygens (including phenoxy) is 2. The van der Waals surface area contributed by atoms with E-state index in [1.165, 1.54) is 32.4 Å². The second-order valence-electron chi connectivity index (χ2n) is 6.53. The number of methoxy groups -OCH3 is 2. The lowest BCUT2D eigenvalue weighted by Crippen LogP contribution is -2.49. The summed E-state index contributed by atoms with van der Waals surface area (Å²) in [5, 5.41) is 8.24. The van der Waals surface area contributed by atoms with Crippen LogP contribution in [0.15, 0.2) is 18.2 Å². The molecule has 1 aromatic carbocycles. The fourth-order valence-corrected chi connectivity index (χ4v) is 3.22. The van der Waals surface area contributed by atoms with E-state index in [2.05, 4.69) is 16.0 Å². The van der Waals surface area contributed by atoms with Gasteiger partial charge in [0.1, 0.15) is 23.7 Å². The van der Waals surface area contributed by atoms with Gasteiger partial charge in [0, 0.05) is 32.2 Å². The monoisotopic (exact) mass is 395 g/mol. The fraction of sp³-hybridized carbons (Fsp3) is 0.526. The van der Waals surface area contributed by atoms with Crippen LogP contribution in [0.2, 0.25) is 0 Å². The molecule has 2 rings (SSSR count). The second kappa shape index (κ2) is 10.6. The molecule has 28 heavy (non-hydrogen) atoms. The van der Waals surface area contributed by atoms with Crippen LogP contribution in [0.1, 0.15) is 36.0 Å². The molecule has 1 aliphatic carbocycles. The van der Waals surface area contributed by atoms with Crippen molar-refractivity contribution in [2.45, 2.75) is 37.8 Å². The van der Waals surface area contributed by atoms with Gasteiger partial charge in [0.25, 0.3) is 5.91 Å². The Morgan fingerprint density at radius 3 is 2.50 bits per heavy atom. The molecule has 0 bridgehead atoms. The van der Waals surface area contributed by atoms with Gasteiger partial charge in [-0.05, 0) is 31.4 Å². The Morgan fingerprint density at radius 1 is 1.11 bits per heavy atom. The van der Waals surface area contributed by atoms with Crippen LogP contribution in [-0.2, 0) is 14.3 Å². The van der Waals surface area contributed by atoms with Crippen molar-refractivity contribution in [1.29, 1.82) is 0 Å². The first-order chi connectivity index (χ1) is 13.5. The molecule has 0 saturated heterocycles. The van der Waals surface area contributed by atoms with Gasteiger partial charge in [0.05, 0.1) is 7.11 Å². The second-order valence-corrected chi connectivity index (χ2v) is 6.53. The van der Waals surface area contributed by atoms with E-state index < -0.39 is 11.7 Å². The molecule has 1 fully saturated rings. The minimum atomic E-state index is -0.665. The minimum absolute atomic E-state index is 0.0577. The zero-order chi connectivity index (χ0) is 20.5. The molecular formula is C19H26FN3O5. The molecule has 8 nitrogen and oxygen atoms in total. The van der Waals surface area contributed by atoms with Crippen LogP contribution in [0.3, 0.4) is 0 Å². The highest BCUT2D eigenvalue weighted by molar-refractivity contribution is 5.97. The Hall–Kier alpha value is -2.68. The lowest BCUT2D eigenvalue weighted by molar-refractivity contribution is -0.125. The molecule has 0 heterocycles. The number of nitrogens with one attached hydrogen (secondary N) is 3. The highest BCUT2D eigenvalue weighted by Gasteiger charge is 2.31. The molecule has 9 heteroatoms. The van der Waals surface area contributed by atoms with Gasteiger partial charge in [-0.25, -0.2) is 4.39 Å². The molecule has 0 aliphatic heterocycles. The maximum atomic E-state index is 14.1. The Kier molecular flexibility index (Phi) is 8.19. The summed E-state index contributed by atoms with van der Waals surface area (Å²) in [7, 11) is 2.78. The third-order valence-corrected chi connectivity index (χ3v) is 4.55. The van der Waals surface area contributed by atoms with Crippen molar-refractivity contribution in [3.05, 3.63) is 29.6 Å². The maximum Gasteiger partial charge on any atom is 0.258 e. The minimum Gasteiger partial charge on any atom is -0.496 e. The summed E-state index contributed by atoms with van der Waals surface area (Å²) in [5.74, 6) is -1.61. The Morgan fingerprint density at radius 2 is 1.82 bits per heavy atom. The molecule has 0 radical (unpaired) electrons. The van der Waals surface area contributed by atoms with E-state index in [9.17, 15) is 18.8 Å². The van der Waals surface area contributed by atoms with E-state index in [1.807, 2.05) is 0 Å². The Bertz CT molecular complexity index is 713. The normalized spacial score (nSPS) is 18.4. The molecule has 154 valence electrons. The van der Waals surface area contributed by atoms with E-state index in [4.69, 9.17) is 9.47 Å². The zero-order valence-electron chi connectivity index (χ0n) is 16.0. The van der Waals surface area contributed by atoms with Gasteiger partial charge < -0.3 is 25.4 Å². The summed E-state index contributed by atoms with van der Waals surface area (Å²) in [5.41, 5.74) is -0.150. The molecule has 0 spiro atoms. The highest BCUT2D eigenvalue weighted by Crippen LogP contribution is 2.24. The SMILES string of the molecule is COCC(=O)NCCC(=O)N[C@H]1CCC[C@H]1NC(=O)c1c(F)cccc1OC. The predicted octanol–water partition coefficient (Wildman–Crippen LogP) is 0.754. The first kappa shape index (κ1) is 21.6. The summed E-state index contributed by atoms with van der Waals surface area (Å²) in [6.45, 7) is 0.141. The van der Waals surface area contributed by atoms with E-state index >= 15 is 0 Å². The van der Waals surface area contributed by atoms with E-state index in [-0.39, 0.29) is 54.8 Å². The van der Waals surface area contributed by atoms with Gasteiger partial charge in [-0.1, -0.05) is 6.07 Å². The topological polar surface area (TPSA) is 106 Å². The molecule has 1 aliphatic rings. The highest BCUT2D eigenvalue weighted by atomic mass is 19.1. The average molecular weight is 395 g/mol. The third-order valence-electron chi connectivity index (χ3n) is 4.55. The fourth-order valence-electron chi connectivity index (χ4n) is 3.22. The number of benzene rings is 1. The summed E-state index contributed by atoms with van der Waals surface area (Å²) in [6, 6.07) is 3.63. The summed E-state index contributed by atoms with van der Waals surface area (Å²) >= 11 is 0. The number of carbonyl (C=O) groups is 3. The molecule has 1 saturated carbocycles. The lowest BCUT2D eigenvalue weighted by Gasteiger charge is -2.23. The average Bonchev–Trinajstić information content (AvgIpc) is 3.07. The maximum absolute atomic E-state index is 14.1. The van der Waals surface area contributed by atoms with Crippen LogP contribution < -0.4 is 20.7 Å². The van der Waals surface area contributed by atoms with Crippen molar-refractivity contribution in [3.8, 4) is 5.75 Å². The smallest absolute Gasteiger partial charge is 0.258 e. The van der Waals surface area contributed by atoms with Crippen molar-refractivity contribution in [2.24, 2.45) is 0 Å². The van der Waals surface area contributed by atoms with Crippen LogP contribution in [0.25, 0.3) is 0 Å². The number of amides is 3. The van der Waals surface area contributed by atoms with E-state index in [0.717, 1.165) is 6.42 Å². The summed E-state index contributed by atoms with van der Waals surface area (Å²) in [6.07, 6.45) is 2.34. The number of halogens is 1. The van der Waals surface area contributed by atoms with Crippen molar-refractivity contribution >= 4 is 17.7 Å². The van der Waals surface area contributed by atoms with Crippen molar-refractivity contribution in [2.75, 3.05) is 27.4 Å². The van der Waals surface area contributed by atoms with Gasteiger partial charge >= 0.3 is 0 Å². The molecule has 0 unspecified atom stereocenters.